The van der Waals surface area contributed by atoms with Crippen LogP contribution in [0.25, 0.3) is 10.9 Å². The van der Waals surface area contributed by atoms with Gasteiger partial charge in [-0.3, -0.25) is 0 Å². The van der Waals surface area contributed by atoms with E-state index in [1.807, 2.05) is 0 Å². The Labute approximate surface area is 109 Å². The Balaban J connectivity index is 2.23. The minimum atomic E-state index is 0.604. The lowest BCUT2D eigenvalue weighted by atomic mass is 10.1. The molecule has 2 aromatic rings. The van der Waals surface area contributed by atoms with Crippen LogP contribution in [0.2, 0.25) is 0 Å². The molecule has 98 valence electrons. The summed E-state index contributed by atoms with van der Waals surface area (Å²) in [6.45, 7) is 9.37. The number of hydrogen-bond donors (Lipinski definition) is 1. The number of hydrogen-bond acceptors (Lipinski definition) is 2. The topological polar surface area (TPSA) is 34.2 Å². The highest BCUT2D eigenvalue weighted by molar-refractivity contribution is 5.83. The monoisotopic (exact) mass is 245 g/mol. The first kappa shape index (κ1) is 13.1. The number of fused-ring (bicyclic) bond motifs is 1. The number of nitrogens with two attached hydrogens (primary N) is 1. The van der Waals surface area contributed by atoms with Gasteiger partial charge in [-0.05, 0) is 30.1 Å². The molecule has 0 saturated heterocycles. The third kappa shape index (κ3) is 2.57. The third-order valence-corrected chi connectivity index (χ3v) is 3.64. The summed E-state index contributed by atoms with van der Waals surface area (Å²) in [6.07, 6.45) is 2.17. The maximum atomic E-state index is 5.83. The molecular formula is C15H23N3. The van der Waals surface area contributed by atoms with Gasteiger partial charge < -0.3 is 15.2 Å². The van der Waals surface area contributed by atoms with E-state index in [0.717, 1.165) is 26.2 Å². The number of nitrogens with zero attached hydrogens (tertiary/aromatic N) is 2. The Kier molecular flexibility index (Phi) is 4.39. The van der Waals surface area contributed by atoms with E-state index in [4.69, 9.17) is 5.73 Å². The van der Waals surface area contributed by atoms with Crippen LogP contribution in [0.3, 0.4) is 0 Å². The second-order valence-corrected chi connectivity index (χ2v) is 4.60. The van der Waals surface area contributed by atoms with E-state index in [2.05, 4.69) is 53.8 Å². The second-order valence-electron chi connectivity index (χ2n) is 4.60. The molecule has 0 saturated carbocycles. The van der Waals surface area contributed by atoms with Crippen LogP contribution in [-0.4, -0.2) is 29.1 Å². The van der Waals surface area contributed by atoms with Gasteiger partial charge in [0, 0.05) is 25.8 Å². The van der Waals surface area contributed by atoms with E-state index in [-0.39, 0.29) is 0 Å². The molecule has 0 bridgehead atoms. The van der Waals surface area contributed by atoms with Crippen LogP contribution >= 0.6 is 0 Å². The lowest BCUT2D eigenvalue weighted by Gasteiger charge is -2.19. The molecule has 0 unspecified atom stereocenters. The summed E-state index contributed by atoms with van der Waals surface area (Å²) in [5, 5.41) is 1.29. The number of rotatable bonds is 6. The molecule has 2 N–H and O–H groups in total. The van der Waals surface area contributed by atoms with Gasteiger partial charge in [0.25, 0.3) is 0 Å². The largest absolute Gasteiger partial charge is 0.346 e. The number of benzene rings is 1. The van der Waals surface area contributed by atoms with Gasteiger partial charge in [-0.25, -0.2) is 0 Å². The second kappa shape index (κ2) is 6.03. The standard InChI is InChI=1S/C15H23N3/c1-3-17(4-2)10-11-18-9-8-13-6-5-7-14(12-16)15(13)18/h5-9H,3-4,10-12,16H2,1-2H3. The molecule has 1 heterocycles. The van der Waals surface area contributed by atoms with Gasteiger partial charge in [0.1, 0.15) is 0 Å². The van der Waals surface area contributed by atoms with E-state index in [0.29, 0.717) is 6.54 Å². The van der Waals surface area contributed by atoms with Crippen LogP contribution < -0.4 is 5.73 Å². The third-order valence-electron chi connectivity index (χ3n) is 3.64. The fourth-order valence-electron chi connectivity index (χ4n) is 2.48. The molecule has 0 radical (unpaired) electrons. The Hall–Kier alpha value is -1.32. The Morgan fingerprint density at radius 2 is 1.94 bits per heavy atom. The van der Waals surface area contributed by atoms with Crippen molar-refractivity contribution >= 4 is 10.9 Å². The van der Waals surface area contributed by atoms with Crippen molar-refractivity contribution in [3.8, 4) is 0 Å². The van der Waals surface area contributed by atoms with E-state index in [1.54, 1.807) is 0 Å². The Morgan fingerprint density at radius 3 is 2.61 bits per heavy atom. The highest BCUT2D eigenvalue weighted by Gasteiger charge is 2.06. The summed E-state index contributed by atoms with van der Waals surface area (Å²) in [5.74, 6) is 0. The van der Waals surface area contributed by atoms with Crippen molar-refractivity contribution in [3.05, 3.63) is 36.0 Å². The van der Waals surface area contributed by atoms with Crippen molar-refractivity contribution < 1.29 is 0 Å². The summed E-state index contributed by atoms with van der Waals surface area (Å²) >= 11 is 0. The van der Waals surface area contributed by atoms with Crippen molar-refractivity contribution in [1.82, 2.24) is 9.47 Å². The molecule has 0 spiro atoms. The van der Waals surface area contributed by atoms with Crippen LogP contribution in [0, 0.1) is 0 Å². The maximum Gasteiger partial charge on any atom is 0.0526 e. The van der Waals surface area contributed by atoms with Crippen LogP contribution in [0.15, 0.2) is 30.5 Å². The minimum Gasteiger partial charge on any atom is -0.346 e. The maximum absolute atomic E-state index is 5.83. The van der Waals surface area contributed by atoms with Crippen LogP contribution in [0.4, 0.5) is 0 Å². The number of likely N-dealkylation sites (N-methyl/N-ethyl adjacent to an activating group) is 1. The zero-order chi connectivity index (χ0) is 13.0. The first-order chi connectivity index (χ1) is 8.80. The quantitative estimate of drug-likeness (QED) is 0.848. The molecule has 18 heavy (non-hydrogen) atoms. The smallest absolute Gasteiger partial charge is 0.0526 e. The summed E-state index contributed by atoms with van der Waals surface area (Å²) in [5.41, 5.74) is 8.36. The lowest BCUT2D eigenvalue weighted by Crippen LogP contribution is -2.26. The zero-order valence-corrected chi connectivity index (χ0v) is 11.4. The molecule has 1 aromatic carbocycles. The molecular weight excluding hydrogens is 222 g/mol. The molecule has 1 aromatic heterocycles. The van der Waals surface area contributed by atoms with Crippen molar-refractivity contribution in [2.24, 2.45) is 5.73 Å². The summed E-state index contributed by atoms with van der Waals surface area (Å²) in [4.78, 5) is 2.44. The molecule has 3 heteroatoms. The highest BCUT2D eigenvalue weighted by Crippen LogP contribution is 2.20. The highest BCUT2D eigenvalue weighted by atomic mass is 15.1. The molecule has 0 aliphatic rings. The summed E-state index contributed by atoms with van der Waals surface area (Å²) < 4.78 is 2.33. The van der Waals surface area contributed by atoms with Crippen LogP contribution in [-0.2, 0) is 13.1 Å². The normalized spacial score (nSPS) is 11.6. The van der Waals surface area contributed by atoms with Gasteiger partial charge in [0.2, 0.25) is 0 Å². The van der Waals surface area contributed by atoms with Crippen molar-refractivity contribution in [3.63, 3.8) is 0 Å². The average Bonchev–Trinajstić information content (AvgIpc) is 2.83. The predicted molar refractivity (Wildman–Crippen MR) is 77.6 cm³/mol. The van der Waals surface area contributed by atoms with Gasteiger partial charge in [-0.1, -0.05) is 32.0 Å². The van der Waals surface area contributed by atoms with Crippen LogP contribution in [0.1, 0.15) is 19.4 Å². The summed E-state index contributed by atoms with van der Waals surface area (Å²) in [7, 11) is 0. The van der Waals surface area contributed by atoms with Gasteiger partial charge in [0.05, 0.1) is 5.52 Å². The van der Waals surface area contributed by atoms with Gasteiger partial charge in [-0.2, -0.15) is 0 Å². The van der Waals surface area contributed by atoms with E-state index < -0.39 is 0 Å². The molecule has 0 atom stereocenters. The van der Waals surface area contributed by atoms with Crippen molar-refractivity contribution in [2.45, 2.75) is 26.9 Å². The van der Waals surface area contributed by atoms with Crippen molar-refractivity contribution in [1.29, 1.82) is 0 Å². The number of aromatic nitrogens is 1. The van der Waals surface area contributed by atoms with Gasteiger partial charge >= 0.3 is 0 Å². The molecule has 0 fully saturated rings. The first-order valence-electron chi connectivity index (χ1n) is 6.79. The molecule has 3 nitrogen and oxygen atoms in total. The number of para-hydroxylation sites is 1. The molecule has 2 rings (SSSR count). The fourth-order valence-corrected chi connectivity index (χ4v) is 2.48. The molecule has 0 aliphatic carbocycles. The van der Waals surface area contributed by atoms with Gasteiger partial charge in [-0.15, -0.1) is 0 Å². The first-order valence-corrected chi connectivity index (χ1v) is 6.79. The van der Waals surface area contributed by atoms with Crippen LogP contribution in [0.5, 0.6) is 0 Å². The van der Waals surface area contributed by atoms with Crippen molar-refractivity contribution in [2.75, 3.05) is 19.6 Å². The average molecular weight is 245 g/mol. The lowest BCUT2D eigenvalue weighted by molar-refractivity contribution is 0.292. The predicted octanol–water partition coefficient (Wildman–Crippen LogP) is 2.44. The summed E-state index contributed by atoms with van der Waals surface area (Å²) in [6, 6.07) is 8.54. The van der Waals surface area contributed by atoms with Gasteiger partial charge in [0.15, 0.2) is 0 Å². The molecule has 0 aliphatic heterocycles. The SMILES string of the molecule is CCN(CC)CCn1ccc2cccc(CN)c21. The Bertz CT molecular complexity index is 497. The Morgan fingerprint density at radius 1 is 1.17 bits per heavy atom. The fraction of sp³-hybridized carbons (Fsp3) is 0.467. The molecule has 0 amide bonds. The van der Waals surface area contributed by atoms with E-state index >= 15 is 0 Å². The zero-order valence-electron chi connectivity index (χ0n) is 11.4. The minimum absolute atomic E-state index is 0.604. The van der Waals surface area contributed by atoms with E-state index in [1.165, 1.54) is 16.5 Å². The van der Waals surface area contributed by atoms with E-state index in [9.17, 15) is 0 Å².